The summed E-state index contributed by atoms with van der Waals surface area (Å²) in [6.07, 6.45) is 15.7. The quantitative estimate of drug-likeness (QED) is 0.645. The van der Waals surface area contributed by atoms with Gasteiger partial charge in [-0.2, -0.15) is 0 Å². The molecule has 0 aromatic heterocycles. The van der Waals surface area contributed by atoms with E-state index in [0.717, 1.165) is 41.7 Å². The van der Waals surface area contributed by atoms with Crippen LogP contribution in [-0.2, 0) is 4.74 Å². The Morgan fingerprint density at radius 2 is 1.81 bits per heavy atom. The van der Waals surface area contributed by atoms with Crippen molar-refractivity contribution in [2.24, 2.45) is 0 Å². The monoisotopic (exact) mass is 348 g/mol. The van der Waals surface area contributed by atoms with Gasteiger partial charge >= 0.3 is 0 Å². The van der Waals surface area contributed by atoms with Crippen molar-refractivity contribution >= 4 is 22.0 Å². The predicted octanol–water partition coefficient (Wildman–Crippen LogP) is 5.15. The Labute approximate surface area is 135 Å². The molecule has 1 aromatic carbocycles. The summed E-state index contributed by atoms with van der Waals surface area (Å²) in [4.78, 5) is 0. The van der Waals surface area contributed by atoms with Crippen molar-refractivity contribution < 1.29 is 9.47 Å². The summed E-state index contributed by atoms with van der Waals surface area (Å²) < 4.78 is 12.5. The number of hydrogen-bond donors (Lipinski definition) is 0. The zero-order valence-corrected chi connectivity index (χ0v) is 13.7. The third kappa shape index (κ3) is 6.32. The van der Waals surface area contributed by atoms with Crippen LogP contribution < -0.4 is 4.74 Å². The van der Waals surface area contributed by atoms with Gasteiger partial charge in [0.2, 0.25) is 0 Å². The molecule has 1 heterocycles. The van der Waals surface area contributed by atoms with E-state index in [0.29, 0.717) is 13.2 Å². The van der Waals surface area contributed by atoms with E-state index in [-0.39, 0.29) is 0 Å². The predicted molar refractivity (Wildman–Crippen MR) is 91.6 cm³/mol. The topological polar surface area (TPSA) is 18.5 Å². The number of ether oxygens (including phenoxy) is 2. The van der Waals surface area contributed by atoms with Crippen LogP contribution in [0.15, 0.2) is 53.1 Å². The first-order valence-electron chi connectivity index (χ1n) is 7.34. The Bertz CT molecular complexity index is 518. The van der Waals surface area contributed by atoms with Gasteiger partial charge in [-0.05, 0) is 37.5 Å². The number of halogens is 1. The molecule has 2 rings (SSSR count). The molecule has 0 unspecified atom stereocenters. The highest BCUT2D eigenvalue weighted by Gasteiger charge is 2.02. The smallest absolute Gasteiger partial charge is 0.126 e. The van der Waals surface area contributed by atoms with Gasteiger partial charge < -0.3 is 9.47 Å². The number of benzene rings is 1. The Morgan fingerprint density at radius 3 is 2.76 bits per heavy atom. The molecule has 112 valence electrons. The van der Waals surface area contributed by atoms with Crippen molar-refractivity contribution in [2.75, 3.05) is 19.8 Å². The molecular formula is C18H21BrO2. The molecule has 0 radical (unpaired) electrons. The number of allylic oxidation sites excluding steroid dienone is 3. The lowest BCUT2D eigenvalue weighted by atomic mass is 10.2. The molecule has 0 bridgehead atoms. The second-order valence-corrected chi connectivity index (χ2v) is 5.74. The van der Waals surface area contributed by atoms with Gasteiger partial charge in [0.1, 0.15) is 5.75 Å². The fourth-order valence-electron chi connectivity index (χ4n) is 2.02. The number of hydrogen-bond acceptors (Lipinski definition) is 2. The lowest BCUT2D eigenvalue weighted by Crippen LogP contribution is -1.99. The van der Waals surface area contributed by atoms with E-state index in [4.69, 9.17) is 9.47 Å². The van der Waals surface area contributed by atoms with Gasteiger partial charge in [-0.1, -0.05) is 52.4 Å². The second-order valence-electron chi connectivity index (χ2n) is 4.82. The second kappa shape index (κ2) is 9.59. The van der Waals surface area contributed by atoms with Crippen LogP contribution in [0.3, 0.4) is 0 Å². The maximum atomic E-state index is 5.89. The summed E-state index contributed by atoms with van der Waals surface area (Å²) in [6.45, 7) is 1.99. The Kier molecular flexibility index (Phi) is 7.33. The molecule has 0 fully saturated rings. The molecule has 1 aliphatic rings. The molecule has 0 saturated heterocycles. The molecule has 0 N–H and O–H groups in total. The van der Waals surface area contributed by atoms with Crippen LogP contribution in [0.5, 0.6) is 5.75 Å². The van der Waals surface area contributed by atoms with Crippen LogP contribution >= 0.6 is 15.9 Å². The van der Waals surface area contributed by atoms with Crippen LogP contribution in [0.25, 0.3) is 6.08 Å². The SMILES string of the molecule is Brc1ccc2c(c1)/C=C/COC/C=C/C=C/CCCCO2. The first-order valence-corrected chi connectivity index (χ1v) is 8.14. The zero-order chi connectivity index (χ0) is 14.8. The number of fused-ring (bicyclic) bond motifs is 1. The maximum Gasteiger partial charge on any atom is 0.126 e. The van der Waals surface area contributed by atoms with Gasteiger partial charge in [0, 0.05) is 10.0 Å². The van der Waals surface area contributed by atoms with Crippen molar-refractivity contribution in [3.8, 4) is 5.75 Å². The van der Waals surface area contributed by atoms with E-state index in [1.165, 1.54) is 0 Å². The highest BCUT2D eigenvalue weighted by atomic mass is 79.9. The molecule has 1 aromatic rings. The fourth-order valence-corrected chi connectivity index (χ4v) is 2.39. The molecule has 0 saturated carbocycles. The molecular weight excluding hydrogens is 328 g/mol. The average Bonchev–Trinajstić information content (AvgIpc) is 2.48. The fraction of sp³-hybridized carbons (Fsp3) is 0.333. The Hall–Kier alpha value is -1.32. The first kappa shape index (κ1) is 16.1. The lowest BCUT2D eigenvalue weighted by molar-refractivity contribution is 0.194. The summed E-state index contributed by atoms with van der Waals surface area (Å²) in [5, 5.41) is 0. The Balaban J connectivity index is 2.05. The first-order chi connectivity index (χ1) is 10.4. The molecule has 1 aliphatic heterocycles. The normalized spacial score (nSPS) is 21.8. The van der Waals surface area contributed by atoms with E-state index < -0.39 is 0 Å². The van der Waals surface area contributed by atoms with Gasteiger partial charge in [-0.3, -0.25) is 0 Å². The Morgan fingerprint density at radius 1 is 0.952 bits per heavy atom. The van der Waals surface area contributed by atoms with Crippen LogP contribution in [0, 0.1) is 0 Å². The molecule has 0 aliphatic carbocycles. The van der Waals surface area contributed by atoms with Crippen molar-refractivity contribution in [2.45, 2.75) is 19.3 Å². The standard InChI is InChI=1S/C18H21BrO2/c19-17-10-11-18-16(15-17)9-8-13-20-12-6-4-2-1-3-5-7-14-21-18/h1-2,4,6,8-11,15H,3,5,7,12-14H2/b2-1+,6-4+,9-8+. The van der Waals surface area contributed by atoms with Crippen LogP contribution in [0.1, 0.15) is 24.8 Å². The minimum absolute atomic E-state index is 0.597. The van der Waals surface area contributed by atoms with Gasteiger partial charge in [0.15, 0.2) is 0 Å². The van der Waals surface area contributed by atoms with Gasteiger partial charge in [0.05, 0.1) is 19.8 Å². The summed E-state index contributed by atoms with van der Waals surface area (Å²) in [7, 11) is 0. The van der Waals surface area contributed by atoms with Gasteiger partial charge in [0.25, 0.3) is 0 Å². The summed E-state index contributed by atoms with van der Waals surface area (Å²) in [5.74, 6) is 0.928. The third-order valence-corrected chi connectivity index (χ3v) is 3.60. The largest absolute Gasteiger partial charge is 0.493 e. The highest BCUT2D eigenvalue weighted by Crippen LogP contribution is 2.24. The van der Waals surface area contributed by atoms with Crippen molar-refractivity contribution in [1.29, 1.82) is 0 Å². The van der Waals surface area contributed by atoms with E-state index in [1.807, 2.05) is 30.4 Å². The zero-order valence-electron chi connectivity index (χ0n) is 12.1. The molecule has 0 spiro atoms. The van der Waals surface area contributed by atoms with E-state index in [9.17, 15) is 0 Å². The van der Waals surface area contributed by atoms with Crippen LogP contribution in [0.4, 0.5) is 0 Å². The third-order valence-electron chi connectivity index (χ3n) is 3.10. The van der Waals surface area contributed by atoms with Gasteiger partial charge in [-0.25, -0.2) is 0 Å². The minimum atomic E-state index is 0.597. The van der Waals surface area contributed by atoms with E-state index in [1.54, 1.807) is 0 Å². The van der Waals surface area contributed by atoms with Crippen molar-refractivity contribution in [3.05, 3.63) is 58.6 Å². The van der Waals surface area contributed by atoms with E-state index >= 15 is 0 Å². The molecule has 3 heteroatoms. The lowest BCUT2D eigenvalue weighted by Gasteiger charge is -2.09. The summed E-state index contributed by atoms with van der Waals surface area (Å²) in [5.41, 5.74) is 1.08. The highest BCUT2D eigenvalue weighted by molar-refractivity contribution is 9.10. The average molecular weight is 349 g/mol. The van der Waals surface area contributed by atoms with Gasteiger partial charge in [-0.15, -0.1) is 0 Å². The maximum absolute atomic E-state index is 5.89. The van der Waals surface area contributed by atoms with Crippen molar-refractivity contribution in [1.82, 2.24) is 0 Å². The molecule has 0 atom stereocenters. The summed E-state index contributed by atoms with van der Waals surface area (Å²) in [6, 6.07) is 6.09. The summed E-state index contributed by atoms with van der Waals surface area (Å²) >= 11 is 3.50. The number of rotatable bonds is 0. The molecule has 2 nitrogen and oxygen atoms in total. The van der Waals surface area contributed by atoms with Crippen LogP contribution in [-0.4, -0.2) is 19.8 Å². The van der Waals surface area contributed by atoms with E-state index in [2.05, 4.69) is 40.2 Å². The minimum Gasteiger partial charge on any atom is -0.493 e. The van der Waals surface area contributed by atoms with Crippen LogP contribution in [0.2, 0.25) is 0 Å². The van der Waals surface area contributed by atoms with Crippen molar-refractivity contribution in [3.63, 3.8) is 0 Å². The molecule has 0 amide bonds. The molecule has 21 heavy (non-hydrogen) atoms.